The van der Waals surface area contributed by atoms with Gasteiger partial charge in [0.25, 0.3) is 0 Å². The molecule has 6 aliphatic heterocycles. The molecule has 10 nitrogen and oxygen atoms in total. The van der Waals surface area contributed by atoms with Crippen LogP contribution in [0, 0.1) is 33.6 Å². The Labute approximate surface area is 889 Å². The molecule has 9 aromatic carbocycles. The van der Waals surface area contributed by atoms with Crippen molar-refractivity contribution >= 4 is 140 Å². The fourth-order valence-electron chi connectivity index (χ4n) is 20.9. The van der Waals surface area contributed by atoms with E-state index in [4.69, 9.17) is 14.2 Å². The van der Waals surface area contributed by atoms with E-state index in [9.17, 15) is 33.6 Å². The Morgan fingerprint density at radius 2 is 0.762 bits per heavy atom. The molecule has 0 N–H and O–H groups in total. The number of carbonyl (C=O) groups excluding carboxylic acids is 7. The monoisotopic (exact) mass is 2100 g/mol. The molecule has 0 aromatic heterocycles. The summed E-state index contributed by atoms with van der Waals surface area (Å²) in [5, 5.41) is 1.91. The first-order chi connectivity index (χ1) is 69.4. The molecule has 3 aliphatic carbocycles. The van der Waals surface area contributed by atoms with E-state index >= 15 is 0 Å². The summed E-state index contributed by atoms with van der Waals surface area (Å²) in [5.41, 5.74) is 10.7. The molecule has 3 unspecified atom stereocenters. The van der Waals surface area contributed by atoms with Crippen molar-refractivity contribution in [3.05, 3.63) is 280 Å². The normalized spacial score (nSPS) is 17.9. The lowest BCUT2D eigenvalue weighted by atomic mass is 9.96. The molecule has 143 heavy (non-hydrogen) atoms. The van der Waals surface area contributed by atoms with Crippen LogP contribution in [0.2, 0.25) is 0 Å². The Bertz CT molecular complexity index is 5290. The highest BCUT2D eigenvalue weighted by molar-refractivity contribution is 8.01. The van der Waals surface area contributed by atoms with Crippen molar-refractivity contribution in [2.45, 2.75) is 296 Å². The number of benzene rings is 9. The van der Waals surface area contributed by atoms with Crippen molar-refractivity contribution in [1.29, 1.82) is 0 Å². The van der Waals surface area contributed by atoms with Gasteiger partial charge in [0.15, 0.2) is 38.3 Å². The Hall–Kier alpha value is -6.78. The lowest BCUT2D eigenvalue weighted by Gasteiger charge is -2.32. The van der Waals surface area contributed by atoms with E-state index in [1.54, 1.807) is 11.8 Å². The summed E-state index contributed by atoms with van der Waals surface area (Å²) in [6.45, 7) is 24.1. The maximum Gasteiger partial charge on any atom is 0.217 e. The standard InChI is InChI=1S/C22H33OS.C20H23OS2.C18H25O2S.C18H19O2S.C16H23O2S.C16H23OS.C14H19OS2/c1-17(2)24(20-15-7-4-8-16-20)22(19-13-9-10-14-19)21(23)18-11-5-3-6-12-18;1-20(2,23-14-6-7-15-23)19(21)16-10-12-18(13-11-16)22-17-8-4-3-5-9-17;2*19-18(14-21-12-4-5-13-21)15-8-10-17(11-9-15)20-16-6-2-1-3-7-16;1-4-18-14-9-12(2)16(13(3)10-14)15(17)11-19-7-5-6-8-19;1-12-9-13(2)11-15(10-12)16(17)14(3)18-7-5-4-6-8-18;1-2-16-13-7-5-12(6-8-13)14(15)11-17-9-3-4-10-17/h3,5-6,11-12,17,19-20,22H,4,7-10,13-16H2,1-2H3;3-5,8-13H,6-7,14-15H2,1-2H3;8-11,16H,1-7,12-14H2;1-3,6-11H,4-5,12-14H2;9-10H,4-8,11H2,1-3H3;9-11,14H,4-8H2,1-3H3;5-8H,2-4,9-11H2,1H3/q7*+1. The average molecular weight is 2100 g/mol. The van der Waals surface area contributed by atoms with Crippen LogP contribution < -0.4 is 14.2 Å². The summed E-state index contributed by atoms with van der Waals surface area (Å²) in [6.07, 6.45) is 35.7. The van der Waals surface area contributed by atoms with Gasteiger partial charge in [0, 0.05) is 81.3 Å². The number of aryl methyl sites for hydroxylation is 4. The topological polar surface area (TPSA) is 147 Å². The molecule has 9 aromatic rings. The second-order valence-electron chi connectivity index (χ2n) is 40.5. The molecule has 19 heteroatoms. The van der Waals surface area contributed by atoms with E-state index in [2.05, 4.69) is 97.9 Å². The van der Waals surface area contributed by atoms with Gasteiger partial charge in [0.2, 0.25) is 40.5 Å². The number of Topliss-reactive ketones (excluding diaryl/α,β-unsaturated/α-hetero) is 7. The SMILES string of the molecule is CC(C)(C(=O)c1ccc(Sc2ccccc2)cc1)[S+]1CCCC1.CC(C)[S+](C1CCCCC1)C(C(=O)c1ccccc1)C1CCCC1.CCOc1cc(C)c(C(=O)C[S+]2CCCC2)c(C)c1.CCSc1ccc(C(=O)C[S+]2CCCC2)cc1.Cc1cc(C)cc(C(=O)C(C)[S+]2CCCCC2)c1.O=C(C[S+]1CCCC1)c1ccc(OC2CCCCC2)cc1.O=C(C[S+]1CCCC1)c1ccc(Oc2ccccc2)cc1. The van der Waals surface area contributed by atoms with Crippen LogP contribution in [0.3, 0.4) is 0 Å². The van der Waals surface area contributed by atoms with Gasteiger partial charge in [0.1, 0.15) is 103 Å². The van der Waals surface area contributed by atoms with Gasteiger partial charge in [-0.15, -0.1) is 11.8 Å². The molecule has 3 saturated carbocycles. The maximum atomic E-state index is 13.5. The van der Waals surface area contributed by atoms with E-state index in [1.165, 1.54) is 268 Å². The number of rotatable bonds is 34. The molecule has 0 bridgehead atoms. The molecule has 0 spiro atoms. The maximum absolute atomic E-state index is 13.5. The number of hydrogen-bond acceptors (Lipinski definition) is 12. The summed E-state index contributed by atoms with van der Waals surface area (Å²) in [4.78, 5) is 91.7. The van der Waals surface area contributed by atoms with Crippen molar-refractivity contribution in [2.24, 2.45) is 5.92 Å². The predicted octanol–water partition coefficient (Wildman–Crippen LogP) is 29.4. The molecular formula is C124H165O10S9+7. The largest absolute Gasteiger partial charge is 0.494 e. The van der Waals surface area contributed by atoms with Gasteiger partial charge in [-0.1, -0.05) is 153 Å². The van der Waals surface area contributed by atoms with Crippen molar-refractivity contribution in [2.75, 3.05) is 104 Å². The second-order valence-corrected chi connectivity index (χ2v) is 60.7. The van der Waals surface area contributed by atoms with Crippen LogP contribution in [-0.4, -0.2) is 177 Å². The minimum absolute atomic E-state index is 0.214. The Balaban J connectivity index is 0.000000149. The highest BCUT2D eigenvalue weighted by Crippen LogP contribution is 2.42. The summed E-state index contributed by atoms with van der Waals surface area (Å²) in [5.74, 6) is 25.4. The Kier molecular flexibility index (Phi) is 49.3. The molecule has 0 radical (unpaired) electrons. The minimum Gasteiger partial charge on any atom is -0.494 e. The Morgan fingerprint density at radius 1 is 0.371 bits per heavy atom. The molecule has 6 saturated heterocycles. The quantitative estimate of drug-likeness (QED) is 0.0215. The number of hydrogen-bond donors (Lipinski definition) is 0. The number of ether oxygens (including phenoxy) is 3. The van der Waals surface area contributed by atoms with Crippen LogP contribution in [-0.2, 0) is 76.3 Å². The zero-order valence-electron chi connectivity index (χ0n) is 87.8. The highest BCUT2D eigenvalue weighted by Gasteiger charge is 2.51. The van der Waals surface area contributed by atoms with Gasteiger partial charge in [-0.05, 0) is 410 Å². The first kappa shape index (κ1) is 115. The molecule has 9 aliphatic rings. The third-order valence-corrected chi connectivity index (χ3v) is 49.6. The summed E-state index contributed by atoms with van der Waals surface area (Å²) >= 11 is 3.55. The first-order valence-electron chi connectivity index (χ1n) is 53.8. The lowest BCUT2D eigenvalue weighted by Crippen LogP contribution is -2.47. The predicted molar refractivity (Wildman–Crippen MR) is 627 cm³/mol. The molecule has 3 atom stereocenters. The smallest absolute Gasteiger partial charge is 0.217 e. The van der Waals surface area contributed by atoms with Gasteiger partial charge >= 0.3 is 0 Å². The summed E-state index contributed by atoms with van der Waals surface area (Å²) in [6, 6.07) is 71.9. The highest BCUT2D eigenvalue weighted by atomic mass is 32.2. The third-order valence-electron chi connectivity index (χ3n) is 28.6. The minimum atomic E-state index is -0.218. The van der Waals surface area contributed by atoms with Gasteiger partial charge in [-0.25, -0.2) is 0 Å². The van der Waals surface area contributed by atoms with Crippen LogP contribution in [0.1, 0.15) is 317 Å². The van der Waals surface area contributed by atoms with Gasteiger partial charge < -0.3 is 14.2 Å². The molecule has 18 rings (SSSR count). The van der Waals surface area contributed by atoms with Crippen LogP contribution in [0.15, 0.2) is 233 Å². The second kappa shape index (κ2) is 61.4. The van der Waals surface area contributed by atoms with Crippen molar-refractivity contribution in [1.82, 2.24) is 0 Å². The molecule has 768 valence electrons. The van der Waals surface area contributed by atoms with Crippen LogP contribution in [0.25, 0.3) is 0 Å². The number of carbonyl (C=O) groups is 7. The fourth-order valence-corrected chi connectivity index (χ4v) is 40.4. The van der Waals surface area contributed by atoms with E-state index < -0.39 is 0 Å². The lowest BCUT2D eigenvalue weighted by molar-refractivity contribution is 0.0952. The van der Waals surface area contributed by atoms with E-state index in [-0.39, 0.29) is 42.8 Å². The fraction of sp³-hybridized carbons (Fsp3) is 0.508. The summed E-state index contributed by atoms with van der Waals surface area (Å²) < 4.78 is 17.1. The third kappa shape index (κ3) is 37.4. The van der Waals surface area contributed by atoms with Crippen molar-refractivity contribution in [3.63, 3.8) is 0 Å². The first-order valence-corrected chi connectivity index (χ1v) is 67.1. The number of thioether (sulfide) groups is 1. The number of para-hydroxylation sites is 1. The number of ketones is 7. The van der Waals surface area contributed by atoms with Crippen LogP contribution in [0.5, 0.6) is 23.0 Å². The van der Waals surface area contributed by atoms with E-state index in [0.717, 1.165) is 107 Å². The van der Waals surface area contributed by atoms with Crippen molar-refractivity contribution in [3.8, 4) is 23.0 Å². The molecular weight excluding hydrogens is 1940 g/mol. The molecule has 6 heterocycles. The zero-order chi connectivity index (χ0) is 101. The van der Waals surface area contributed by atoms with E-state index in [1.807, 2.05) is 208 Å². The van der Waals surface area contributed by atoms with Gasteiger partial charge in [0.05, 0.1) is 12.7 Å². The van der Waals surface area contributed by atoms with Crippen LogP contribution >= 0.6 is 23.5 Å². The molecule has 0 amide bonds. The average Bonchev–Trinajstić information content (AvgIpc) is 1.74. The van der Waals surface area contributed by atoms with Crippen molar-refractivity contribution < 1.29 is 47.8 Å². The van der Waals surface area contributed by atoms with Gasteiger partial charge in [-0.3, -0.25) is 33.6 Å². The zero-order valence-corrected chi connectivity index (χ0v) is 95.2. The van der Waals surface area contributed by atoms with Crippen LogP contribution in [0.4, 0.5) is 0 Å². The van der Waals surface area contributed by atoms with Gasteiger partial charge in [-0.2, -0.15) is 0 Å². The molecule has 9 fully saturated rings. The Morgan fingerprint density at radius 3 is 1.23 bits per heavy atom. The van der Waals surface area contributed by atoms with E-state index in [0.29, 0.717) is 113 Å². The summed E-state index contributed by atoms with van der Waals surface area (Å²) in [7, 11) is 2.18.